The van der Waals surface area contributed by atoms with Crippen LogP contribution in [0.25, 0.3) is 0 Å². The fourth-order valence-corrected chi connectivity index (χ4v) is 1.06. The highest BCUT2D eigenvalue weighted by Crippen LogP contribution is 2.20. The molecule has 78 valence electrons. The molecule has 0 saturated carbocycles. The van der Waals surface area contributed by atoms with Crippen LogP contribution in [0.2, 0.25) is 0 Å². The lowest BCUT2D eigenvalue weighted by Crippen LogP contribution is -2.43. The van der Waals surface area contributed by atoms with E-state index in [2.05, 4.69) is 25.8 Å². The molecule has 4 heteroatoms. The van der Waals surface area contributed by atoms with E-state index in [-0.39, 0.29) is 5.41 Å². The van der Waals surface area contributed by atoms with Gasteiger partial charge in [-0.25, -0.2) is 0 Å². The summed E-state index contributed by atoms with van der Waals surface area (Å²) in [7, 11) is 3.14. The molecule has 1 heterocycles. The summed E-state index contributed by atoms with van der Waals surface area (Å²) in [6.45, 7) is 6.36. The Kier molecular flexibility index (Phi) is 2.93. The molecule has 0 amide bonds. The van der Waals surface area contributed by atoms with Crippen molar-refractivity contribution < 1.29 is 14.3 Å². The Labute approximate surface area is 84.5 Å². The Morgan fingerprint density at radius 3 is 2.36 bits per heavy atom. The highest BCUT2D eigenvalue weighted by atomic mass is 16.7. The Morgan fingerprint density at radius 2 is 1.93 bits per heavy atom. The van der Waals surface area contributed by atoms with Crippen molar-refractivity contribution in [3.05, 3.63) is 18.0 Å². The number of nitrogens with zero attached hydrogens (tertiary/aromatic N) is 2. The quantitative estimate of drug-likeness (QED) is 0.656. The van der Waals surface area contributed by atoms with E-state index in [9.17, 15) is 0 Å². The SMILES string of the molecule is COc1ncc(C(C)(C)C)c[n+]1OC. The molecule has 0 aliphatic carbocycles. The van der Waals surface area contributed by atoms with Gasteiger partial charge in [-0.3, -0.25) is 0 Å². The molecule has 0 aliphatic rings. The standard InChI is InChI=1S/C10H17N2O2/c1-10(2,3)8-6-11-9(13-4)12(7-8)14-5/h6-7H,1-5H3/q+1. The van der Waals surface area contributed by atoms with E-state index in [4.69, 9.17) is 9.57 Å². The molecular weight excluding hydrogens is 180 g/mol. The summed E-state index contributed by atoms with van der Waals surface area (Å²) in [5, 5.41) is 0. The van der Waals surface area contributed by atoms with Crippen LogP contribution in [-0.2, 0) is 5.41 Å². The minimum atomic E-state index is 0.0551. The topological polar surface area (TPSA) is 35.2 Å². The Hall–Kier alpha value is -1.32. The van der Waals surface area contributed by atoms with Gasteiger partial charge in [0, 0.05) is 5.56 Å². The van der Waals surface area contributed by atoms with Crippen LogP contribution in [0.15, 0.2) is 12.4 Å². The summed E-state index contributed by atoms with van der Waals surface area (Å²) in [6, 6.07) is 0.445. The minimum Gasteiger partial charge on any atom is -0.429 e. The van der Waals surface area contributed by atoms with Gasteiger partial charge in [-0.2, -0.15) is 0 Å². The van der Waals surface area contributed by atoms with Crippen molar-refractivity contribution in [2.75, 3.05) is 14.2 Å². The number of ether oxygens (including phenoxy) is 1. The Balaban J connectivity index is 3.14. The molecule has 0 aromatic carbocycles. The second-order valence-corrected chi connectivity index (χ2v) is 4.09. The third-order valence-corrected chi connectivity index (χ3v) is 2.00. The smallest absolute Gasteiger partial charge is 0.429 e. The third-order valence-electron chi connectivity index (χ3n) is 2.00. The second kappa shape index (κ2) is 3.82. The van der Waals surface area contributed by atoms with E-state index in [1.54, 1.807) is 20.4 Å². The summed E-state index contributed by atoms with van der Waals surface area (Å²) in [5.41, 5.74) is 1.15. The zero-order chi connectivity index (χ0) is 10.8. The van der Waals surface area contributed by atoms with E-state index in [0.717, 1.165) is 5.56 Å². The van der Waals surface area contributed by atoms with Crippen molar-refractivity contribution in [3.8, 4) is 6.01 Å². The van der Waals surface area contributed by atoms with Crippen molar-refractivity contribution in [2.24, 2.45) is 0 Å². The summed E-state index contributed by atoms with van der Waals surface area (Å²) in [4.78, 5) is 9.25. The molecule has 1 aromatic heterocycles. The van der Waals surface area contributed by atoms with Crippen molar-refractivity contribution in [1.29, 1.82) is 0 Å². The maximum atomic E-state index is 5.10. The second-order valence-electron chi connectivity index (χ2n) is 4.09. The average molecular weight is 197 g/mol. The van der Waals surface area contributed by atoms with Gasteiger partial charge in [-0.15, -0.1) is 0 Å². The molecule has 0 atom stereocenters. The van der Waals surface area contributed by atoms with E-state index in [1.807, 2.05) is 6.20 Å². The lowest BCUT2D eigenvalue weighted by Gasteiger charge is -2.15. The van der Waals surface area contributed by atoms with E-state index >= 15 is 0 Å². The predicted molar refractivity (Wildman–Crippen MR) is 52.2 cm³/mol. The van der Waals surface area contributed by atoms with Crippen molar-refractivity contribution >= 4 is 0 Å². The maximum Gasteiger partial charge on any atom is 0.538 e. The number of hydrogen-bond acceptors (Lipinski definition) is 3. The van der Waals surface area contributed by atoms with E-state index in [1.165, 1.54) is 4.73 Å². The normalized spacial score (nSPS) is 11.2. The predicted octanol–water partition coefficient (Wildman–Crippen LogP) is 0.734. The first-order chi connectivity index (χ1) is 6.49. The first kappa shape index (κ1) is 10.8. The van der Waals surface area contributed by atoms with Gasteiger partial charge in [-0.05, 0) is 15.1 Å². The minimum absolute atomic E-state index is 0.0551. The molecular formula is C10H17N2O2+. The number of hydrogen-bond donors (Lipinski definition) is 0. The number of rotatable bonds is 2. The van der Waals surface area contributed by atoms with Crippen LogP contribution in [-0.4, -0.2) is 19.2 Å². The van der Waals surface area contributed by atoms with Crippen molar-refractivity contribution in [1.82, 2.24) is 4.98 Å². The van der Waals surface area contributed by atoms with Crippen LogP contribution in [0.5, 0.6) is 6.01 Å². The molecule has 0 spiro atoms. The fourth-order valence-electron chi connectivity index (χ4n) is 1.06. The summed E-state index contributed by atoms with van der Waals surface area (Å²) in [6.07, 6.45) is 3.68. The zero-order valence-electron chi connectivity index (χ0n) is 9.37. The monoisotopic (exact) mass is 197 g/mol. The highest BCUT2D eigenvalue weighted by molar-refractivity contribution is 5.13. The van der Waals surface area contributed by atoms with Gasteiger partial charge >= 0.3 is 6.01 Å². The largest absolute Gasteiger partial charge is 0.538 e. The van der Waals surface area contributed by atoms with Crippen LogP contribution >= 0.6 is 0 Å². The fraction of sp³-hybridized carbons (Fsp3) is 0.600. The van der Waals surface area contributed by atoms with Gasteiger partial charge in [0.25, 0.3) is 0 Å². The van der Waals surface area contributed by atoms with Gasteiger partial charge in [-0.1, -0.05) is 20.8 Å². The summed E-state index contributed by atoms with van der Waals surface area (Å²) >= 11 is 0. The van der Waals surface area contributed by atoms with Crippen molar-refractivity contribution in [2.45, 2.75) is 26.2 Å². The van der Waals surface area contributed by atoms with Gasteiger partial charge in [0.05, 0.1) is 7.11 Å². The molecule has 0 saturated heterocycles. The highest BCUT2D eigenvalue weighted by Gasteiger charge is 2.22. The molecule has 4 nitrogen and oxygen atoms in total. The zero-order valence-corrected chi connectivity index (χ0v) is 9.37. The Bertz CT molecular complexity index is 318. The van der Waals surface area contributed by atoms with Gasteiger partial charge < -0.3 is 9.57 Å². The first-order valence-corrected chi connectivity index (χ1v) is 4.49. The van der Waals surface area contributed by atoms with Crippen molar-refractivity contribution in [3.63, 3.8) is 0 Å². The van der Waals surface area contributed by atoms with Gasteiger partial charge in [0.15, 0.2) is 6.20 Å². The molecule has 14 heavy (non-hydrogen) atoms. The third kappa shape index (κ3) is 2.13. The molecule has 0 N–H and O–H groups in total. The van der Waals surface area contributed by atoms with Crippen LogP contribution < -0.4 is 14.3 Å². The van der Waals surface area contributed by atoms with Gasteiger partial charge in [0.2, 0.25) is 0 Å². The number of methoxy groups -OCH3 is 1. The summed E-state index contributed by atoms with van der Waals surface area (Å²) < 4.78 is 6.55. The summed E-state index contributed by atoms with van der Waals surface area (Å²) in [5.74, 6) is 0. The van der Waals surface area contributed by atoms with E-state index < -0.39 is 0 Å². The lowest BCUT2D eigenvalue weighted by molar-refractivity contribution is -0.889. The lowest BCUT2D eigenvalue weighted by atomic mass is 9.89. The van der Waals surface area contributed by atoms with Crippen LogP contribution in [0.3, 0.4) is 0 Å². The molecule has 0 unspecified atom stereocenters. The molecule has 0 aliphatic heterocycles. The first-order valence-electron chi connectivity index (χ1n) is 4.49. The number of aromatic nitrogens is 2. The average Bonchev–Trinajstić information content (AvgIpc) is 2.15. The van der Waals surface area contributed by atoms with Crippen LogP contribution in [0, 0.1) is 0 Å². The maximum absolute atomic E-state index is 5.10. The Morgan fingerprint density at radius 1 is 1.29 bits per heavy atom. The van der Waals surface area contributed by atoms with E-state index in [0.29, 0.717) is 6.01 Å². The molecule has 1 rings (SSSR count). The van der Waals surface area contributed by atoms with Crippen LogP contribution in [0.1, 0.15) is 26.3 Å². The van der Waals surface area contributed by atoms with Crippen LogP contribution in [0.4, 0.5) is 0 Å². The molecule has 0 fully saturated rings. The molecule has 1 aromatic rings. The molecule has 0 bridgehead atoms. The van der Waals surface area contributed by atoms with Gasteiger partial charge in [0.1, 0.15) is 13.3 Å². The molecule has 0 radical (unpaired) electrons.